The normalized spacial score (nSPS) is 12.0. The van der Waals surface area contributed by atoms with Crippen LogP contribution in [0.1, 0.15) is 26.2 Å². The Labute approximate surface area is 55.5 Å². The van der Waals surface area contributed by atoms with Crippen molar-refractivity contribution in [1.82, 2.24) is 0 Å². The highest BCUT2D eigenvalue weighted by atomic mass is 16.5. The lowest BCUT2D eigenvalue weighted by atomic mass is 10.1. The van der Waals surface area contributed by atoms with Crippen LogP contribution in [0.2, 0.25) is 0 Å². The van der Waals surface area contributed by atoms with Gasteiger partial charge >= 0.3 is 0 Å². The van der Waals surface area contributed by atoms with Crippen LogP contribution in [0.25, 0.3) is 0 Å². The number of hydrogen-bond acceptors (Lipinski definition) is 3. The highest BCUT2D eigenvalue weighted by molar-refractivity contribution is 4.63. The van der Waals surface area contributed by atoms with Crippen LogP contribution >= 0.6 is 0 Å². The van der Waals surface area contributed by atoms with E-state index in [4.69, 9.17) is 15.9 Å². The van der Waals surface area contributed by atoms with E-state index in [0.29, 0.717) is 6.42 Å². The molecule has 0 aliphatic carbocycles. The molecule has 0 spiro atoms. The standard InChI is InChI=1S/C6H15NO2/c1-2-3-4-6(8,9)5-7/h8-9H,2-5,7H2,1H3. The first-order chi connectivity index (χ1) is 4.12. The van der Waals surface area contributed by atoms with E-state index in [9.17, 15) is 0 Å². The summed E-state index contributed by atoms with van der Waals surface area (Å²) < 4.78 is 0. The molecule has 0 aromatic carbocycles. The molecule has 0 fully saturated rings. The van der Waals surface area contributed by atoms with Gasteiger partial charge in [-0.05, 0) is 6.42 Å². The van der Waals surface area contributed by atoms with E-state index in [2.05, 4.69) is 0 Å². The molecule has 0 saturated carbocycles. The van der Waals surface area contributed by atoms with E-state index in [-0.39, 0.29) is 6.54 Å². The van der Waals surface area contributed by atoms with E-state index in [1.54, 1.807) is 0 Å². The first-order valence-corrected chi connectivity index (χ1v) is 3.27. The molecule has 4 N–H and O–H groups in total. The summed E-state index contributed by atoms with van der Waals surface area (Å²) in [5, 5.41) is 17.8. The average Bonchev–Trinajstić information content (AvgIpc) is 1.84. The fraction of sp³-hybridized carbons (Fsp3) is 1.00. The lowest BCUT2D eigenvalue weighted by molar-refractivity contribution is -0.157. The van der Waals surface area contributed by atoms with E-state index in [1.165, 1.54) is 0 Å². The Balaban J connectivity index is 3.33. The summed E-state index contributed by atoms with van der Waals surface area (Å²) in [6.45, 7) is 1.92. The van der Waals surface area contributed by atoms with Crippen LogP contribution in [0.3, 0.4) is 0 Å². The van der Waals surface area contributed by atoms with Gasteiger partial charge in [0.1, 0.15) is 0 Å². The second-order valence-electron chi connectivity index (χ2n) is 2.29. The second kappa shape index (κ2) is 3.82. The molecule has 0 aromatic heterocycles. The highest BCUT2D eigenvalue weighted by Gasteiger charge is 2.18. The summed E-state index contributed by atoms with van der Waals surface area (Å²) in [6.07, 6.45) is 2.15. The SMILES string of the molecule is CCCCC(O)(O)CN. The van der Waals surface area contributed by atoms with Crippen molar-refractivity contribution in [3.8, 4) is 0 Å². The van der Waals surface area contributed by atoms with Gasteiger partial charge in [0.15, 0.2) is 5.79 Å². The summed E-state index contributed by atoms with van der Waals surface area (Å²) in [7, 11) is 0. The molecule has 0 aliphatic rings. The van der Waals surface area contributed by atoms with Gasteiger partial charge in [-0.25, -0.2) is 0 Å². The molecule has 0 amide bonds. The Bertz CT molecular complexity index is 73.5. The molecular weight excluding hydrogens is 118 g/mol. The summed E-state index contributed by atoms with van der Waals surface area (Å²) in [6, 6.07) is 0. The van der Waals surface area contributed by atoms with Gasteiger partial charge in [-0.3, -0.25) is 0 Å². The number of nitrogens with two attached hydrogens (primary N) is 1. The van der Waals surface area contributed by atoms with Crippen molar-refractivity contribution in [3.05, 3.63) is 0 Å². The van der Waals surface area contributed by atoms with Crippen molar-refractivity contribution in [2.45, 2.75) is 32.0 Å². The van der Waals surface area contributed by atoms with Crippen LogP contribution in [0.15, 0.2) is 0 Å². The molecule has 3 nitrogen and oxygen atoms in total. The molecule has 0 atom stereocenters. The summed E-state index contributed by atoms with van der Waals surface area (Å²) in [5.74, 6) is -1.63. The Hall–Kier alpha value is -0.120. The largest absolute Gasteiger partial charge is 0.365 e. The quantitative estimate of drug-likeness (QED) is 0.466. The zero-order valence-electron chi connectivity index (χ0n) is 5.80. The van der Waals surface area contributed by atoms with E-state index in [0.717, 1.165) is 12.8 Å². The smallest absolute Gasteiger partial charge is 0.175 e. The minimum absolute atomic E-state index is 0.0764. The first kappa shape index (κ1) is 8.88. The number of aliphatic hydroxyl groups is 2. The van der Waals surface area contributed by atoms with Crippen LogP contribution in [0.4, 0.5) is 0 Å². The van der Waals surface area contributed by atoms with Crippen molar-refractivity contribution in [2.75, 3.05) is 6.54 Å². The monoisotopic (exact) mass is 133 g/mol. The minimum atomic E-state index is -1.63. The molecule has 0 radical (unpaired) electrons. The topological polar surface area (TPSA) is 66.5 Å². The predicted octanol–water partition coefficient (Wildman–Crippen LogP) is -0.184. The van der Waals surface area contributed by atoms with Crippen LogP contribution in [0.5, 0.6) is 0 Å². The molecule has 3 heteroatoms. The minimum Gasteiger partial charge on any atom is -0.365 e. The zero-order chi connectivity index (χ0) is 7.33. The van der Waals surface area contributed by atoms with Gasteiger partial charge in [0, 0.05) is 13.0 Å². The molecule has 0 bridgehead atoms. The van der Waals surface area contributed by atoms with Gasteiger partial charge in [-0.15, -0.1) is 0 Å². The third-order valence-corrected chi connectivity index (χ3v) is 1.26. The Morgan fingerprint density at radius 1 is 1.44 bits per heavy atom. The van der Waals surface area contributed by atoms with Crippen LogP contribution in [-0.4, -0.2) is 22.5 Å². The molecule has 0 rings (SSSR count). The van der Waals surface area contributed by atoms with Crippen molar-refractivity contribution >= 4 is 0 Å². The molecule has 0 aromatic rings. The van der Waals surface area contributed by atoms with Gasteiger partial charge in [0.2, 0.25) is 0 Å². The molecule has 9 heavy (non-hydrogen) atoms. The summed E-state index contributed by atoms with van der Waals surface area (Å²) in [5.41, 5.74) is 5.05. The third kappa shape index (κ3) is 4.39. The molecule has 56 valence electrons. The highest BCUT2D eigenvalue weighted by Crippen LogP contribution is 2.07. The third-order valence-electron chi connectivity index (χ3n) is 1.26. The van der Waals surface area contributed by atoms with Crippen molar-refractivity contribution in [2.24, 2.45) is 5.73 Å². The number of rotatable bonds is 4. The fourth-order valence-electron chi connectivity index (χ4n) is 0.562. The lowest BCUT2D eigenvalue weighted by Gasteiger charge is -2.18. The van der Waals surface area contributed by atoms with Crippen molar-refractivity contribution in [3.63, 3.8) is 0 Å². The zero-order valence-corrected chi connectivity index (χ0v) is 5.80. The van der Waals surface area contributed by atoms with Gasteiger partial charge < -0.3 is 15.9 Å². The van der Waals surface area contributed by atoms with Crippen LogP contribution in [-0.2, 0) is 0 Å². The van der Waals surface area contributed by atoms with Crippen molar-refractivity contribution in [1.29, 1.82) is 0 Å². The summed E-state index contributed by atoms with van der Waals surface area (Å²) in [4.78, 5) is 0. The maximum absolute atomic E-state index is 8.88. The van der Waals surface area contributed by atoms with Crippen LogP contribution < -0.4 is 5.73 Å². The molecular formula is C6H15NO2. The van der Waals surface area contributed by atoms with Crippen molar-refractivity contribution < 1.29 is 10.2 Å². The fourth-order valence-corrected chi connectivity index (χ4v) is 0.562. The number of hydrogen-bond donors (Lipinski definition) is 3. The number of unbranched alkanes of at least 4 members (excludes halogenated alkanes) is 1. The van der Waals surface area contributed by atoms with Gasteiger partial charge in [0.05, 0.1) is 0 Å². The predicted molar refractivity (Wildman–Crippen MR) is 35.7 cm³/mol. The molecule has 0 heterocycles. The average molecular weight is 133 g/mol. The van der Waals surface area contributed by atoms with E-state index >= 15 is 0 Å². The van der Waals surface area contributed by atoms with Crippen LogP contribution in [0, 0.1) is 0 Å². The Morgan fingerprint density at radius 2 is 2.00 bits per heavy atom. The maximum atomic E-state index is 8.88. The Morgan fingerprint density at radius 3 is 2.33 bits per heavy atom. The van der Waals surface area contributed by atoms with E-state index in [1.807, 2.05) is 6.92 Å². The molecule has 0 unspecified atom stereocenters. The molecule has 0 aliphatic heterocycles. The van der Waals surface area contributed by atoms with E-state index < -0.39 is 5.79 Å². The van der Waals surface area contributed by atoms with Gasteiger partial charge in [0.25, 0.3) is 0 Å². The van der Waals surface area contributed by atoms with Gasteiger partial charge in [-0.1, -0.05) is 13.3 Å². The first-order valence-electron chi connectivity index (χ1n) is 3.27. The maximum Gasteiger partial charge on any atom is 0.175 e. The van der Waals surface area contributed by atoms with Gasteiger partial charge in [-0.2, -0.15) is 0 Å². The molecule has 0 saturated heterocycles. The second-order valence-corrected chi connectivity index (χ2v) is 2.29. The lowest BCUT2D eigenvalue weighted by Crippen LogP contribution is -2.37. The summed E-state index contributed by atoms with van der Waals surface area (Å²) >= 11 is 0. The Kier molecular flexibility index (Phi) is 3.77.